The second-order valence-corrected chi connectivity index (χ2v) is 8.24. The van der Waals surface area contributed by atoms with E-state index in [2.05, 4.69) is 21.0 Å². The van der Waals surface area contributed by atoms with Crippen LogP contribution in [0.4, 0.5) is 0 Å². The molecular formula is C16H23BrN2O. The minimum atomic E-state index is -0.490. The van der Waals surface area contributed by atoms with Crippen LogP contribution in [-0.2, 0) is 13.5 Å². The van der Waals surface area contributed by atoms with Gasteiger partial charge in [-0.05, 0) is 78.6 Å². The van der Waals surface area contributed by atoms with Crippen molar-refractivity contribution >= 4 is 15.9 Å². The van der Waals surface area contributed by atoms with Crippen molar-refractivity contribution in [3.8, 4) is 0 Å². The molecule has 5 rings (SSSR count). The number of hydrogen-bond donors (Lipinski definition) is 1. The minimum Gasteiger partial charge on any atom is -0.389 e. The Hall–Kier alpha value is -0.350. The van der Waals surface area contributed by atoms with E-state index in [9.17, 15) is 5.11 Å². The predicted octanol–water partition coefficient (Wildman–Crippen LogP) is 3.22. The van der Waals surface area contributed by atoms with E-state index in [1.165, 1.54) is 32.1 Å². The summed E-state index contributed by atoms with van der Waals surface area (Å²) in [4.78, 5) is 0. The fourth-order valence-corrected chi connectivity index (χ4v) is 5.91. The molecule has 0 aromatic carbocycles. The average molecular weight is 339 g/mol. The summed E-state index contributed by atoms with van der Waals surface area (Å²) in [6, 6.07) is 0. The highest BCUT2D eigenvalue weighted by Crippen LogP contribution is 2.59. The van der Waals surface area contributed by atoms with Crippen LogP contribution in [0.5, 0.6) is 0 Å². The van der Waals surface area contributed by atoms with Crippen molar-refractivity contribution in [3.05, 3.63) is 15.9 Å². The van der Waals surface area contributed by atoms with Crippen LogP contribution in [-0.4, -0.2) is 20.5 Å². The topological polar surface area (TPSA) is 38.0 Å². The van der Waals surface area contributed by atoms with Crippen molar-refractivity contribution in [1.82, 2.24) is 9.78 Å². The Morgan fingerprint density at radius 2 is 1.75 bits per heavy atom. The lowest BCUT2D eigenvalue weighted by Gasteiger charge is -2.59. The molecule has 0 unspecified atom stereocenters. The van der Waals surface area contributed by atoms with Gasteiger partial charge in [0.15, 0.2) is 0 Å². The summed E-state index contributed by atoms with van der Waals surface area (Å²) >= 11 is 3.66. The van der Waals surface area contributed by atoms with E-state index in [0.29, 0.717) is 11.8 Å². The molecule has 0 atom stereocenters. The van der Waals surface area contributed by atoms with Gasteiger partial charge in [-0.3, -0.25) is 4.68 Å². The molecule has 3 nitrogen and oxygen atoms in total. The number of rotatable bonds is 2. The monoisotopic (exact) mass is 338 g/mol. The number of hydrogen-bond acceptors (Lipinski definition) is 2. The molecule has 1 aromatic heterocycles. The zero-order chi connectivity index (χ0) is 14.1. The molecule has 1 heterocycles. The first-order chi connectivity index (χ1) is 9.47. The van der Waals surface area contributed by atoms with Gasteiger partial charge in [-0.2, -0.15) is 5.10 Å². The SMILES string of the molecule is Cc1nn(C)c(CC2(O)C3CC4CC(C3)CC2C4)c1Br. The van der Waals surface area contributed by atoms with Gasteiger partial charge in [-0.25, -0.2) is 0 Å². The molecule has 0 radical (unpaired) electrons. The summed E-state index contributed by atoms with van der Waals surface area (Å²) in [5.41, 5.74) is 1.70. The van der Waals surface area contributed by atoms with E-state index in [0.717, 1.165) is 34.1 Å². The minimum absolute atomic E-state index is 0.490. The van der Waals surface area contributed by atoms with Gasteiger partial charge >= 0.3 is 0 Å². The maximum atomic E-state index is 11.4. The van der Waals surface area contributed by atoms with Crippen LogP contribution < -0.4 is 0 Å². The van der Waals surface area contributed by atoms with Crippen molar-refractivity contribution in [2.75, 3.05) is 0 Å². The highest BCUT2D eigenvalue weighted by molar-refractivity contribution is 9.10. The summed E-state index contributed by atoms with van der Waals surface area (Å²) in [6.45, 7) is 2.02. The van der Waals surface area contributed by atoms with E-state index in [1.807, 2.05) is 18.7 Å². The molecule has 4 saturated carbocycles. The van der Waals surface area contributed by atoms with Crippen LogP contribution in [0, 0.1) is 30.6 Å². The summed E-state index contributed by atoms with van der Waals surface area (Å²) in [6.07, 6.45) is 7.18. The lowest BCUT2D eigenvalue weighted by atomic mass is 9.49. The van der Waals surface area contributed by atoms with Crippen molar-refractivity contribution in [2.24, 2.45) is 30.7 Å². The standard InChI is InChI=1S/C16H23BrN2O/c1-9-15(17)14(19(2)18-9)8-16(20)12-4-10-3-11(6-12)7-13(16)5-10/h10-13,20H,3-8H2,1-2H3. The highest BCUT2D eigenvalue weighted by atomic mass is 79.9. The van der Waals surface area contributed by atoms with Gasteiger partial charge < -0.3 is 5.11 Å². The third-order valence-corrected chi connectivity index (χ3v) is 7.30. The molecule has 0 spiro atoms. The molecule has 4 bridgehead atoms. The smallest absolute Gasteiger partial charge is 0.0759 e. The van der Waals surface area contributed by atoms with Crippen LogP contribution in [0.1, 0.15) is 43.5 Å². The molecule has 4 aliphatic carbocycles. The molecule has 4 heteroatoms. The van der Waals surface area contributed by atoms with Gasteiger partial charge in [-0.15, -0.1) is 0 Å². The molecule has 0 saturated heterocycles. The first kappa shape index (κ1) is 13.3. The summed E-state index contributed by atoms with van der Waals surface area (Å²) in [5, 5.41) is 15.9. The van der Waals surface area contributed by atoms with Crippen LogP contribution in [0.25, 0.3) is 0 Å². The Morgan fingerprint density at radius 1 is 1.20 bits per heavy atom. The largest absolute Gasteiger partial charge is 0.389 e. The lowest BCUT2D eigenvalue weighted by Crippen LogP contribution is -2.58. The Morgan fingerprint density at radius 3 is 2.20 bits per heavy atom. The van der Waals surface area contributed by atoms with Crippen LogP contribution in [0.15, 0.2) is 4.47 Å². The molecule has 1 N–H and O–H groups in total. The molecule has 4 fully saturated rings. The van der Waals surface area contributed by atoms with Gasteiger partial charge in [0.05, 0.1) is 21.5 Å². The van der Waals surface area contributed by atoms with Crippen molar-refractivity contribution in [2.45, 2.75) is 51.0 Å². The van der Waals surface area contributed by atoms with Gasteiger partial charge in [0.1, 0.15) is 0 Å². The lowest BCUT2D eigenvalue weighted by molar-refractivity contribution is -0.172. The van der Waals surface area contributed by atoms with Crippen LogP contribution in [0.2, 0.25) is 0 Å². The Balaban J connectivity index is 1.67. The quantitative estimate of drug-likeness (QED) is 0.898. The molecule has 0 amide bonds. The maximum Gasteiger partial charge on any atom is 0.0759 e. The molecule has 20 heavy (non-hydrogen) atoms. The first-order valence-electron chi connectivity index (χ1n) is 7.87. The van der Waals surface area contributed by atoms with E-state index >= 15 is 0 Å². The molecular weight excluding hydrogens is 316 g/mol. The van der Waals surface area contributed by atoms with Gasteiger partial charge in [0.2, 0.25) is 0 Å². The zero-order valence-electron chi connectivity index (χ0n) is 12.3. The fourth-order valence-electron chi connectivity index (χ4n) is 5.43. The maximum absolute atomic E-state index is 11.4. The zero-order valence-corrected chi connectivity index (χ0v) is 13.9. The number of aryl methyl sites for hydroxylation is 2. The average Bonchev–Trinajstić information content (AvgIpc) is 2.62. The number of nitrogens with zero attached hydrogens (tertiary/aromatic N) is 2. The van der Waals surface area contributed by atoms with E-state index in [1.54, 1.807) is 0 Å². The summed E-state index contributed by atoms with van der Waals surface area (Å²) < 4.78 is 3.03. The number of halogens is 1. The first-order valence-corrected chi connectivity index (χ1v) is 8.67. The molecule has 110 valence electrons. The fraction of sp³-hybridized carbons (Fsp3) is 0.812. The van der Waals surface area contributed by atoms with E-state index < -0.39 is 5.60 Å². The van der Waals surface area contributed by atoms with Gasteiger partial charge in [0, 0.05) is 13.5 Å². The van der Waals surface area contributed by atoms with Crippen LogP contribution in [0.3, 0.4) is 0 Å². The second-order valence-electron chi connectivity index (χ2n) is 7.44. The van der Waals surface area contributed by atoms with Crippen molar-refractivity contribution in [3.63, 3.8) is 0 Å². The molecule has 4 aliphatic rings. The number of aliphatic hydroxyl groups is 1. The Bertz CT molecular complexity index is 523. The highest BCUT2D eigenvalue weighted by Gasteiger charge is 2.56. The predicted molar refractivity (Wildman–Crippen MR) is 81.3 cm³/mol. The second kappa shape index (κ2) is 4.33. The van der Waals surface area contributed by atoms with Gasteiger partial charge in [0.25, 0.3) is 0 Å². The van der Waals surface area contributed by atoms with Crippen molar-refractivity contribution in [1.29, 1.82) is 0 Å². The van der Waals surface area contributed by atoms with Crippen LogP contribution >= 0.6 is 15.9 Å². The number of aromatic nitrogens is 2. The van der Waals surface area contributed by atoms with Crippen molar-refractivity contribution < 1.29 is 5.11 Å². The Labute approximate surface area is 128 Å². The van der Waals surface area contributed by atoms with Gasteiger partial charge in [-0.1, -0.05) is 0 Å². The third kappa shape index (κ3) is 1.77. The Kier molecular flexibility index (Phi) is 2.88. The molecule has 0 aliphatic heterocycles. The third-order valence-electron chi connectivity index (χ3n) is 6.26. The molecule has 1 aromatic rings. The summed E-state index contributed by atoms with van der Waals surface area (Å²) in [7, 11) is 1.99. The normalized spacial score (nSPS) is 42.4. The van der Waals surface area contributed by atoms with E-state index in [-0.39, 0.29) is 0 Å². The van der Waals surface area contributed by atoms with E-state index in [4.69, 9.17) is 0 Å². The summed E-state index contributed by atoms with van der Waals surface area (Å²) in [5.74, 6) is 2.82.